The van der Waals surface area contributed by atoms with Crippen LogP contribution >= 0.6 is 11.8 Å². The van der Waals surface area contributed by atoms with Gasteiger partial charge in [0.2, 0.25) is 0 Å². The molecule has 0 aromatic heterocycles. The Morgan fingerprint density at radius 2 is 1.74 bits per heavy atom. The predicted molar refractivity (Wildman–Crippen MR) is 93.7 cm³/mol. The molecule has 3 rings (SSSR count). The summed E-state index contributed by atoms with van der Waals surface area (Å²) in [5.41, 5.74) is 2.74. The molecule has 0 bridgehead atoms. The zero-order valence-corrected chi connectivity index (χ0v) is 14.2. The Balaban J connectivity index is 0.000000924. The van der Waals surface area contributed by atoms with Gasteiger partial charge in [0.05, 0.1) is 5.57 Å². The number of carbonyl (C=O) groups excluding carboxylic acids is 1. The minimum atomic E-state index is -0.356. The standard InChI is InChI=1S/C17H13FO2S.C2H6/c1-21-15-8-7-12(9-14(15)18)13-10-20-17(19)16(13)11-5-3-2-4-6-11;1-2/h2-9H,10H2,1H3;1-2H3. The highest BCUT2D eigenvalue weighted by Crippen LogP contribution is 2.34. The summed E-state index contributed by atoms with van der Waals surface area (Å²) in [6.07, 6.45) is 1.83. The van der Waals surface area contributed by atoms with Gasteiger partial charge >= 0.3 is 5.97 Å². The van der Waals surface area contributed by atoms with E-state index in [0.29, 0.717) is 16.0 Å². The van der Waals surface area contributed by atoms with E-state index in [1.165, 1.54) is 17.8 Å². The van der Waals surface area contributed by atoms with E-state index in [1.54, 1.807) is 6.07 Å². The second-order valence-electron chi connectivity index (χ2n) is 4.65. The van der Waals surface area contributed by atoms with Crippen molar-refractivity contribution < 1.29 is 13.9 Å². The number of thioether (sulfide) groups is 1. The molecule has 0 spiro atoms. The Morgan fingerprint density at radius 1 is 1.04 bits per heavy atom. The van der Waals surface area contributed by atoms with E-state index < -0.39 is 0 Å². The fourth-order valence-corrected chi connectivity index (χ4v) is 2.84. The quantitative estimate of drug-likeness (QED) is 0.582. The summed E-state index contributed by atoms with van der Waals surface area (Å²) < 4.78 is 19.1. The van der Waals surface area contributed by atoms with Gasteiger partial charge in [-0.25, -0.2) is 9.18 Å². The highest BCUT2D eigenvalue weighted by Gasteiger charge is 2.27. The lowest BCUT2D eigenvalue weighted by Gasteiger charge is -2.06. The molecule has 120 valence electrons. The zero-order chi connectivity index (χ0) is 16.8. The molecule has 0 aliphatic carbocycles. The molecular formula is C19H19FO2S. The van der Waals surface area contributed by atoms with Crippen LogP contribution in [0.5, 0.6) is 0 Å². The Bertz CT molecular complexity index is 723. The molecular weight excluding hydrogens is 311 g/mol. The topological polar surface area (TPSA) is 26.3 Å². The number of esters is 1. The van der Waals surface area contributed by atoms with Gasteiger partial charge in [0, 0.05) is 10.5 Å². The highest BCUT2D eigenvalue weighted by atomic mass is 32.2. The van der Waals surface area contributed by atoms with Crippen LogP contribution in [0.3, 0.4) is 0 Å². The van der Waals surface area contributed by atoms with Gasteiger partial charge < -0.3 is 4.74 Å². The summed E-state index contributed by atoms with van der Waals surface area (Å²) in [6.45, 7) is 4.18. The average Bonchev–Trinajstić information content (AvgIpc) is 2.99. The summed E-state index contributed by atoms with van der Waals surface area (Å²) in [5.74, 6) is -0.634. The van der Waals surface area contributed by atoms with Gasteiger partial charge in [-0.1, -0.05) is 50.2 Å². The van der Waals surface area contributed by atoms with E-state index in [9.17, 15) is 9.18 Å². The molecule has 2 aromatic rings. The molecule has 0 radical (unpaired) electrons. The third-order valence-corrected chi connectivity index (χ3v) is 4.19. The predicted octanol–water partition coefficient (Wildman–Crippen LogP) is 5.04. The lowest BCUT2D eigenvalue weighted by atomic mass is 9.97. The molecule has 4 heteroatoms. The van der Waals surface area contributed by atoms with Crippen LogP contribution in [0.4, 0.5) is 4.39 Å². The number of benzene rings is 2. The van der Waals surface area contributed by atoms with Crippen LogP contribution in [0.25, 0.3) is 11.1 Å². The van der Waals surface area contributed by atoms with Crippen molar-refractivity contribution in [3.63, 3.8) is 0 Å². The molecule has 0 saturated heterocycles. The van der Waals surface area contributed by atoms with E-state index in [1.807, 2.05) is 56.5 Å². The Hall–Kier alpha value is -2.07. The zero-order valence-electron chi connectivity index (χ0n) is 13.4. The number of hydrogen-bond acceptors (Lipinski definition) is 3. The van der Waals surface area contributed by atoms with Crippen molar-refractivity contribution in [3.05, 3.63) is 65.5 Å². The van der Waals surface area contributed by atoms with Crippen molar-refractivity contribution >= 4 is 28.9 Å². The van der Waals surface area contributed by atoms with Crippen LogP contribution in [-0.4, -0.2) is 18.8 Å². The van der Waals surface area contributed by atoms with Crippen LogP contribution in [0.2, 0.25) is 0 Å². The largest absolute Gasteiger partial charge is 0.457 e. The second kappa shape index (κ2) is 7.97. The smallest absolute Gasteiger partial charge is 0.339 e. The summed E-state index contributed by atoms with van der Waals surface area (Å²) in [5, 5.41) is 0. The molecule has 1 heterocycles. The van der Waals surface area contributed by atoms with Crippen molar-refractivity contribution in [2.24, 2.45) is 0 Å². The molecule has 0 saturated carbocycles. The third-order valence-electron chi connectivity index (χ3n) is 3.42. The van der Waals surface area contributed by atoms with Crippen molar-refractivity contribution in [1.82, 2.24) is 0 Å². The number of rotatable bonds is 3. The number of hydrogen-bond donors (Lipinski definition) is 0. The molecule has 0 amide bonds. The SMILES string of the molecule is CC.CSc1ccc(C2=C(c3ccccc3)C(=O)OC2)cc1F. The molecule has 1 aliphatic rings. The number of halogens is 1. The van der Waals surface area contributed by atoms with Crippen LogP contribution in [0, 0.1) is 5.82 Å². The van der Waals surface area contributed by atoms with Crippen molar-refractivity contribution in [2.45, 2.75) is 18.7 Å². The first-order valence-corrected chi connectivity index (χ1v) is 8.73. The lowest BCUT2D eigenvalue weighted by molar-refractivity contribution is -0.133. The monoisotopic (exact) mass is 330 g/mol. The van der Waals surface area contributed by atoms with Crippen LogP contribution in [-0.2, 0) is 9.53 Å². The molecule has 0 atom stereocenters. The van der Waals surface area contributed by atoms with E-state index in [4.69, 9.17) is 4.74 Å². The van der Waals surface area contributed by atoms with Gasteiger partial charge in [0.25, 0.3) is 0 Å². The van der Waals surface area contributed by atoms with Crippen LogP contribution < -0.4 is 0 Å². The first-order valence-electron chi connectivity index (χ1n) is 7.50. The van der Waals surface area contributed by atoms with E-state index in [2.05, 4.69) is 0 Å². The van der Waals surface area contributed by atoms with Gasteiger partial charge in [-0.2, -0.15) is 0 Å². The molecule has 1 aliphatic heterocycles. The molecule has 0 unspecified atom stereocenters. The summed E-state index contributed by atoms with van der Waals surface area (Å²) in [4.78, 5) is 12.6. The lowest BCUT2D eigenvalue weighted by Crippen LogP contribution is -1.98. The van der Waals surface area contributed by atoms with E-state index in [-0.39, 0.29) is 18.4 Å². The minimum absolute atomic E-state index is 0.182. The van der Waals surface area contributed by atoms with Crippen molar-refractivity contribution in [3.8, 4) is 0 Å². The van der Waals surface area contributed by atoms with Crippen LogP contribution in [0.1, 0.15) is 25.0 Å². The summed E-state index contributed by atoms with van der Waals surface area (Å²) >= 11 is 1.36. The molecule has 2 nitrogen and oxygen atoms in total. The Kier molecular flexibility index (Phi) is 5.99. The maximum absolute atomic E-state index is 14.0. The summed E-state index contributed by atoms with van der Waals surface area (Å²) in [7, 11) is 0. The fourth-order valence-electron chi connectivity index (χ4n) is 2.38. The second-order valence-corrected chi connectivity index (χ2v) is 5.49. The number of carbonyl (C=O) groups is 1. The Morgan fingerprint density at radius 3 is 2.35 bits per heavy atom. The van der Waals surface area contributed by atoms with Gasteiger partial charge in [0.1, 0.15) is 12.4 Å². The summed E-state index contributed by atoms with van der Waals surface area (Å²) in [6, 6.07) is 14.3. The normalized spacial score (nSPS) is 13.5. The van der Waals surface area contributed by atoms with Crippen molar-refractivity contribution in [1.29, 1.82) is 0 Å². The third kappa shape index (κ3) is 3.64. The molecule has 2 aromatic carbocycles. The number of cyclic esters (lactones) is 1. The maximum Gasteiger partial charge on any atom is 0.339 e. The molecule has 23 heavy (non-hydrogen) atoms. The van der Waals surface area contributed by atoms with Gasteiger partial charge in [-0.3, -0.25) is 0 Å². The van der Waals surface area contributed by atoms with Gasteiger partial charge in [-0.15, -0.1) is 11.8 Å². The van der Waals surface area contributed by atoms with Crippen LogP contribution in [0.15, 0.2) is 53.4 Å². The van der Waals surface area contributed by atoms with Crippen molar-refractivity contribution in [2.75, 3.05) is 12.9 Å². The molecule has 0 N–H and O–H groups in total. The highest BCUT2D eigenvalue weighted by molar-refractivity contribution is 7.98. The molecule has 0 fully saturated rings. The first kappa shape index (κ1) is 17.3. The van der Waals surface area contributed by atoms with E-state index >= 15 is 0 Å². The Labute approximate surface area is 140 Å². The van der Waals surface area contributed by atoms with Gasteiger partial charge in [-0.05, 0) is 29.5 Å². The maximum atomic E-state index is 14.0. The van der Waals surface area contributed by atoms with E-state index in [0.717, 1.165) is 11.1 Å². The minimum Gasteiger partial charge on any atom is -0.457 e. The number of ether oxygens (including phenoxy) is 1. The average molecular weight is 330 g/mol. The fraction of sp³-hybridized carbons (Fsp3) is 0.211. The first-order chi connectivity index (χ1) is 11.2. The van der Waals surface area contributed by atoms with Gasteiger partial charge in [0.15, 0.2) is 0 Å².